The summed E-state index contributed by atoms with van der Waals surface area (Å²) in [5.74, 6) is 0.647. The molecule has 0 aliphatic carbocycles. The fraction of sp³-hybridized carbons (Fsp3) is 0.231. The van der Waals surface area contributed by atoms with E-state index in [1.165, 1.54) is 0 Å². The molecule has 0 atom stereocenters. The Balaban J connectivity index is 2.01. The summed E-state index contributed by atoms with van der Waals surface area (Å²) in [5, 5.41) is 6.62. The number of carbonyl (C=O) groups excluding carboxylic acids is 1. The lowest BCUT2D eigenvalue weighted by atomic mass is 10.1. The highest BCUT2D eigenvalue weighted by molar-refractivity contribution is 5.95. The molecule has 88 valence electrons. The van der Waals surface area contributed by atoms with E-state index in [1.54, 1.807) is 12.1 Å². The van der Waals surface area contributed by atoms with Gasteiger partial charge in [-0.05, 0) is 25.5 Å². The fourth-order valence-corrected chi connectivity index (χ4v) is 1.59. The average Bonchev–Trinajstić information content (AvgIpc) is 2.73. The summed E-state index contributed by atoms with van der Waals surface area (Å²) in [5.41, 5.74) is 2.37. The zero-order valence-corrected chi connectivity index (χ0v) is 9.86. The number of carbonyl (C=O) groups is 1. The standard InChI is InChI=1S/C13H14N2O2/c1-9-5-3-4-6-12(9)13(16)14-8-11-7-10(2)17-15-11/h3-7H,8H2,1-2H3,(H,14,16). The summed E-state index contributed by atoms with van der Waals surface area (Å²) in [6.45, 7) is 4.11. The predicted molar refractivity (Wildman–Crippen MR) is 63.6 cm³/mol. The van der Waals surface area contributed by atoms with E-state index in [9.17, 15) is 4.79 Å². The molecule has 4 heteroatoms. The van der Waals surface area contributed by atoms with Crippen molar-refractivity contribution in [2.75, 3.05) is 0 Å². The van der Waals surface area contributed by atoms with Gasteiger partial charge in [0.05, 0.1) is 6.54 Å². The molecule has 0 bridgehead atoms. The molecule has 1 aromatic heterocycles. The van der Waals surface area contributed by atoms with Gasteiger partial charge in [0.1, 0.15) is 11.5 Å². The Morgan fingerprint density at radius 1 is 1.35 bits per heavy atom. The van der Waals surface area contributed by atoms with Crippen LogP contribution >= 0.6 is 0 Å². The number of nitrogens with zero attached hydrogens (tertiary/aromatic N) is 1. The van der Waals surface area contributed by atoms with Gasteiger partial charge in [-0.15, -0.1) is 0 Å². The molecule has 0 unspecified atom stereocenters. The molecule has 0 saturated carbocycles. The predicted octanol–water partition coefficient (Wildman–Crippen LogP) is 2.22. The van der Waals surface area contributed by atoms with Crippen LogP contribution in [-0.4, -0.2) is 11.1 Å². The second kappa shape index (κ2) is 4.82. The summed E-state index contributed by atoms with van der Waals surface area (Å²) < 4.78 is 4.92. The molecule has 1 aromatic carbocycles. The first-order valence-electron chi connectivity index (χ1n) is 5.43. The molecule has 0 radical (unpaired) electrons. The van der Waals surface area contributed by atoms with Crippen LogP contribution in [0.3, 0.4) is 0 Å². The molecule has 0 saturated heterocycles. The Morgan fingerprint density at radius 2 is 2.12 bits per heavy atom. The van der Waals surface area contributed by atoms with Crippen LogP contribution in [0.1, 0.15) is 27.4 Å². The minimum Gasteiger partial charge on any atom is -0.361 e. The van der Waals surface area contributed by atoms with E-state index in [1.807, 2.05) is 32.0 Å². The molecule has 0 aliphatic rings. The second-order valence-electron chi connectivity index (χ2n) is 3.93. The third kappa shape index (κ3) is 2.72. The largest absolute Gasteiger partial charge is 0.361 e. The molecule has 2 aromatic rings. The first-order chi connectivity index (χ1) is 8.16. The molecule has 0 spiro atoms. The number of hydrogen-bond donors (Lipinski definition) is 1. The highest BCUT2D eigenvalue weighted by Crippen LogP contribution is 2.07. The second-order valence-corrected chi connectivity index (χ2v) is 3.93. The number of aromatic nitrogens is 1. The zero-order chi connectivity index (χ0) is 12.3. The molecule has 0 fully saturated rings. The van der Waals surface area contributed by atoms with Crippen LogP contribution in [0.4, 0.5) is 0 Å². The minimum atomic E-state index is -0.0937. The third-order valence-corrected chi connectivity index (χ3v) is 2.50. The maximum Gasteiger partial charge on any atom is 0.251 e. The number of amides is 1. The average molecular weight is 230 g/mol. The van der Waals surface area contributed by atoms with Gasteiger partial charge in [-0.25, -0.2) is 0 Å². The molecule has 1 N–H and O–H groups in total. The molecular formula is C13H14N2O2. The van der Waals surface area contributed by atoms with Crippen LogP contribution in [0, 0.1) is 13.8 Å². The topological polar surface area (TPSA) is 55.1 Å². The fourth-order valence-electron chi connectivity index (χ4n) is 1.59. The van der Waals surface area contributed by atoms with Gasteiger partial charge in [-0.3, -0.25) is 4.79 Å². The van der Waals surface area contributed by atoms with Crippen molar-refractivity contribution in [1.82, 2.24) is 10.5 Å². The summed E-state index contributed by atoms with van der Waals surface area (Å²) in [4.78, 5) is 11.9. The van der Waals surface area contributed by atoms with E-state index >= 15 is 0 Å². The zero-order valence-electron chi connectivity index (χ0n) is 9.86. The number of benzene rings is 1. The highest BCUT2D eigenvalue weighted by atomic mass is 16.5. The van der Waals surface area contributed by atoms with Gasteiger partial charge in [0.25, 0.3) is 5.91 Å². The maximum atomic E-state index is 11.9. The summed E-state index contributed by atoms with van der Waals surface area (Å²) in [6.07, 6.45) is 0. The van der Waals surface area contributed by atoms with Crippen molar-refractivity contribution in [2.45, 2.75) is 20.4 Å². The van der Waals surface area contributed by atoms with Crippen LogP contribution < -0.4 is 5.32 Å². The normalized spacial score (nSPS) is 10.2. The van der Waals surface area contributed by atoms with E-state index in [4.69, 9.17) is 4.52 Å². The third-order valence-electron chi connectivity index (χ3n) is 2.50. The lowest BCUT2D eigenvalue weighted by molar-refractivity contribution is 0.0949. The van der Waals surface area contributed by atoms with E-state index in [2.05, 4.69) is 10.5 Å². The van der Waals surface area contributed by atoms with Gasteiger partial charge in [0, 0.05) is 11.6 Å². The summed E-state index contributed by atoms with van der Waals surface area (Å²) in [7, 11) is 0. The Morgan fingerprint density at radius 3 is 2.76 bits per heavy atom. The van der Waals surface area contributed by atoms with Crippen molar-refractivity contribution in [2.24, 2.45) is 0 Å². The van der Waals surface area contributed by atoms with Gasteiger partial charge in [-0.2, -0.15) is 0 Å². The monoisotopic (exact) mass is 230 g/mol. The van der Waals surface area contributed by atoms with Crippen molar-refractivity contribution in [3.63, 3.8) is 0 Å². The van der Waals surface area contributed by atoms with Crippen LogP contribution in [0.5, 0.6) is 0 Å². The van der Waals surface area contributed by atoms with Gasteiger partial charge < -0.3 is 9.84 Å². The maximum absolute atomic E-state index is 11.9. The highest BCUT2D eigenvalue weighted by Gasteiger charge is 2.08. The number of aryl methyl sites for hydroxylation is 2. The number of rotatable bonds is 3. The van der Waals surface area contributed by atoms with E-state index in [0.717, 1.165) is 17.0 Å². The number of nitrogens with one attached hydrogen (secondary N) is 1. The molecule has 17 heavy (non-hydrogen) atoms. The van der Waals surface area contributed by atoms with Crippen molar-refractivity contribution in [3.8, 4) is 0 Å². The molecule has 1 heterocycles. The smallest absolute Gasteiger partial charge is 0.251 e. The van der Waals surface area contributed by atoms with Crippen molar-refractivity contribution in [1.29, 1.82) is 0 Å². The van der Waals surface area contributed by atoms with Crippen LogP contribution in [0.25, 0.3) is 0 Å². The Kier molecular flexibility index (Phi) is 3.23. The van der Waals surface area contributed by atoms with Crippen molar-refractivity contribution in [3.05, 3.63) is 52.9 Å². The Hall–Kier alpha value is -2.10. The van der Waals surface area contributed by atoms with Crippen LogP contribution in [0.15, 0.2) is 34.9 Å². The molecule has 1 amide bonds. The van der Waals surface area contributed by atoms with Crippen LogP contribution in [0.2, 0.25) is 0 Å². The van der Waals surface area contributed by atoms with E-state index in [0.29, 0.717) is 12.1 Å². The lowest BCUT2D eigenvalue weighted by Gasteiger charge is -2.05. The number of hydrogen-bond acceptors (Lipinski definition) is 3. The Bertz CT molecular complexity index is 532. The van der Waals surface area contributed by atoms with E-state index < -0.39 is 0 Å². The van der Waals surface area contributed by atoms with Gasteiger partial charge in [0.15, 0.2) is 0 Å². The summed E-state index contributed by atoms with van der Waals surface area (Å²) >= 11 is 0. The summed E-state index contributed by atoms with van der Waals surface area (Å²) in [6, 6.07) is 9.28. The van der Waals surface area contributed by atoms with Crippen molar-refractivity contribution >= 4 is 5.91 Å². The van der Waals surface area contributed by atoms with Gasteiger partial charge in [-0.1, -0.05) is 23.4 Å². The molecule has 0 aliphatic heterocycles. The first-order valence-corrected chi connectivity index (χ1v) is 5.43. The lowest BCUT2D eigenvalue weighted by Crippen LogP contribution is -2.23. The van der Waals surface area contributed by atoms with Gasteiger partial charge in [0.2, 0.25) is 0 Å². The van der Waals surface area contributed by atoms with E-state index in [-0.39, 0.29) is 5.91 Å². The quantitative estimate of drug-likeness (QED) is 0.879. The van der Waals surface area contributed by atoms with Gasteiger partial charge >= 0.3 is 0 Å². The SMILES string of the molecule is Cc1cc(CNC(=O)c2ccccc2C)no1. The van der Waals surface area contributed by atoms with Crippen LogP contribution in [-0.2, 0) is 6.54 Å². The Labute approximate surface area is 99.6 Å². The van der Waals surface area contributed by atoms with Crippen molar-refractivity contribution < 1.29 is 9.32 Å². The minimum absolute atomic E-state index is 0.0937. The first kappa shape index (κ1) is 11.4. The molecule has 2 rings (SSSR count). The molecule has 4 nitrogen and oxygen atoms in total. The molecular weight excluding hydrogens is 216 g/mol.